The molecule has 1 heterocycles. The molecule has 1 atom stereocenters. The van der Waals surface area contributed by atoms with E-state index in [4.69, 9.17) is 0 Å². The summed E-state index contributed by atoms with van der Waals surface area (Å²) in [4.78, 5) is 0. The van der Waals surface area contributed by atoms with Crippen molar-refractivity contribution in [1.29, 1.82) is 0 Å². The van der Waals surface area contributed by atoms with Crippen LogP contribution in [0.2, 0.25) is 0 Å². The molecule has 0 saturated carbocycles. The Morgan fingerprint density at radius 3 is 2.35 bits per heavy atom. The van der Waals surface area contributed by atoms with E-state index in [9.17, 15) is 13.2 Å². The largest absolute Gasteiger partial charge is 0.573 e. The molecule has 0 amide bonds. The fraction of sp³-hybridized carbons (Fsp3) is 0.200. The molecular formula is C15H12F3NO. The monoisotopic (exact) mass is 279 g/mol. The summed E-state index contributed by atoms with van der Waals surface area (Å²) in [6, 6.07) is 14.1. The molecule has 2 aromatic carbocycles. The average molecular weight is 279 g/mol. The van der Waals surface area contributed by atoms with Gasteiger partial charge < -0.3 is 10.1 Å². The predicted octanol–water partition coefficient (Wildman–Crippen LogP) is 4.29. The summed E-state index contributed by atoms with van der Waals surface area (Å²) in [6.07, 6.45) is -3.82. The van der Waals surface area contributed by atoms with Crippen molar-refractivity contribution in [2.75, 3.05) is 5.32 Å². The molecule has 1 aliphatic heterocycles. The van der Waals surface area contributed by atoms with Crippen LogP contribution in [-0.2, 0) is 6.42 Å². The fourth-order valence-corrected chi connectivity index (χ4v) is 2.40. The van der Waals surface area contributed by atoms with Gasteiger partial charge in [0.1, 0.15) is 5.75 Å². The quantitative estimate of drug-likeness (QED) is 0.885. The number of halogens is 3. The summed E-state index contributed by atoms with van der Waals surface area (Å²) in [6.45, 7) is 0. The average Bonchev–Trinajstić information content (AvgIpc) is 2.81. The van der Waals surface area contributed by atoms with Crippen LogP contribution in [0.25, 0.3) is 0 Å². The first kappa shape index (κ1) is 12.8. The number of rotatable bonds is 2. The Bertz CT molecular complexity index is 582. The Hall–Kier alpha value is -2.17. The normalized spacial score (nSPS) is 17.4. The number of fused-ring (bicyclic) bond motifs is 1. The molecule has 1 unspecified atom stereocenters. The fourth-order valence-electron chi connectivity index (χ4n) is 2.40. The minimum atomic E-state index is -4.65. The lowest BCUT2D eigenvalue weighted by Gasteiger charge is -2.13. The van der Waals surface area contributed by atoms with E-state index in [2.05, 4.69) is 10.1 Å². The maximum absolute atomic E-state index is 12.1. The molecule has 0 aromatic heterocycles. The zero-order chi connectivity index (χ0) is 14.2. The van der Waals surface area contributed by atoms with E-state index in [1.165, 1.54) is 17.7 Å². The van der Waals surface area contributed by atoms with E-state index in [0.29, 0.717) is 0 Å². The molecule has 104 valence electrons. The Labute approximate surface area is 114 Å². The molecular weight excluding hydrogens is 267 g/mol. The van der Waals surface area contributed by atoms with Gasteiger partial charge in [0.25, 0.3) is 0 Å². The summed E-state index contributed by atoms with van der Waals surface area (Å²) in [5, 5.41) is 3.36. The highest BCUT2D eigenvalue weighted by Gasteiger charge is 2.31. The van der Waals surface area contributed by atoms with Gasteiger partial charge in [0, 0.05) is 5.69 Å². The van der Waals surface area contributed by atoms with Gasteiger partial charge in [-0.05, 0) is 35.7 Å². The number of alkyl halides is 3. The van der Waals surface area contributed by atoms with Gasteiger partial charge in [-0.15, -0.1) is 13.2 Å². The van der Waals surface area contributed by atoms with Gasteiger partial charge in [-0.25, -0.2) is 0 Å². The van der Waals surface area contributed by atoms with E-state index >= 15 is 0 Å². The van der Waals surface area contributed by atoms with Gasteiger partial charge in [-0.1, -0.05) is 30.3 Å². The van der Waals surface area contributed by atoms with Crippen molar-refractivity contribution >= 4 is 5.69 Å². The van der Waals surface area contributed by atoms with Crippen LogP contribution in [0.5, 0.6) is 5.75 Å². The molecule has 0 aliphatic carbocycles. The van der Waals surface area contributed by atoms with Crippen molar-refractivity contribution in [3.63, 3.8) is 0 Å². The van der Waals surface area contributed by atoms with Crippen LogP contribution in [0, 0.1) is 0 Å². The van der Waals surface area contributed by atoms with E-state index in [1.807, 2.05) is 24.3 Å². The lowest BCUT2D eigenvalue weighted by molar-refractivity contribution is -0.274. The number of nitrogens with one attached hydrogen (secondary N) is 1. The van der Waals surface area contributed by atoms with Gasteiger partial charge in [-0.3, -0.25) is 0 Å². The summed E-state index contributed by atoms with van der Waals surface area (Å²) < 4.78 is 40.1. The van der Waals surface area contributed by atoms with E-state index < -0.39 is 6.36 Å². The Morgan fingerprint density at radius 2 is 1.70 bits per heavy atom. The van der Waals surface area contributed by atoms with Gasteiger partial charge in [-0.2, -0.15) is 0 Å². The highest BCUT2D eigenvalue weighted by molar-refractivity contribution is 5.58. The van der Waals surface area contributed by atoms with Gasteiger partial charge in [0.2, 0.25) is 0 Å². The first-order valence-electron chi connectivity index (χ1n) is 6.21. The number of ether oxygens (including phenoxy) is 1. The second-order valence-corrected chi connectivity index (χ2v) is 4.68. The minimum absolute atomic E-state index is 0.0901. The second kappa shape index (κ2) is 4.74. The molecule has 0 radical (unpaired) electrons. The van der Waals surface area contributed by atoms with E-state index in [1.54, 1.807) is 12.1 Å². The Kier molecular flexibility index (Phi) is 3.04. The van der Waals surface area contributed by atoms with Crippen molar-refractivity contribution < 1.29 is 17.9 Å². The number of benzene rings is 2. The Balaban J connectivity index is 1.74. The topological polar surface area (TPSA) is 21.3 Å². The van der Waals surface area contributed by atoms with Crippen molar-refractivity contribution in [2.45, 2.75) is 18.8 Å². The summed E-state index contributed by atoms with van der Waals surface area (Å²) in [5.41, 5.74) is 3.23. The third kappa shape index (κ3) is 2.71. The van der Waals surface area contributed by atoms with Crippen molar-refractivity contribution in [1.82, 2.24) is 0 Å². The molecule has 3 rings (SSSR count). The highest BCUT2D eigenvalue weighted by Crippen LogP contribution is 2.34. The molecule has 0 bridgehead atoms. The first-order chi connectivity index (χ1) is 9.51. The summed E-state index contributed by atoms with van der Waals surface area (Å²) in [5.74, 6) is -0.197. The summed E-state index contributed by atoms with van der Waals surface area (Å²) in [7, 11) is 0. The lowest BCUT2D eigenvalue weighted by atomic mass is 10.0. The van der Waals surface area contributed by atoms with E-state index in [-0.39, 0.29) is 11.8 Å². The number of hydrogen-bond acceptors (Lipinski definition) is 2. The molecule has 2 nitrogen and oxygen atoms in total. The van der Waals surface area contributed by atoms with Crippen molar-refractivity contribution in [3.8, 4) is 5.75 Å². The smallest absolute Gasteiger partial charge is 0.406 e. The third-order valence-electron chi connectivity index (χ3n) is 3.29. The number of anilines is 1. The summed E-state index contributed by atoms with van der Waals surface area (Å²) >= 11 is 0. The van der Waals surface area contributed by atoms with Crippen LogP contribution in [0.3, 0.4) is 0 Å². The zero-order valence-corrected chi connectivity index (χ0v) is 10.4. The zero-order valence-electron chi connectivity index (χ0n) is 10.4. The van der Waals surface area contributed by atoms with Crippen LogP contribution in [0.15, 0.2) is 48.5 Å². The molecule has 1 aliphatic rings. The van der Waals surface area contributed by atoms with Crippen LogP contribution in [0.4, 0.5) is 18.9 Å². The maximum Gasteiger partial charge on any atom is 0.573 e. The van der Waals surface area contributed by atoms with Crippen LogP contribution in [0.1, 0.15) is 17.2 Å². The lowest BCUT2D eigenvalue weighted by Crippen LogP contribution is -2.17. The predicted molar refractivity (Wildman–Crippen MR) is 69.6 cm³/mol. The van der Waals surface area contributed by atoms with Crippen molar-refractivity contribution in [3.05, 3.63) is 59.7 Å². The molecule has 2 aromatic rings. The van der Waals surface area contributed by atoms with Gasteiger partial charge >= 0.3 is 6.36 Å². The molecule has 20 heavy (non-hydrogen) atoms. The van der Waals surface area contributed by atoms with Gasteiger partial charge in [0.15, 0.2) is 0 Å². The van der Waals surface area contributed by atoms with Gasteiger partial charge in [0.05, 0.1) is 6.04 Å². The van der Waals surface area contributed by atoms with E-state index in [0.717, 1.165) is 17.7 Å². The number of para-hydroxylation sites is 1. The first-order valence-corrected chi connectivity index (χ1v) is 6.21. The maximum atomic E-state index is 12.1. The molecule has 0 spiro atoms. The highest BCUT2D eigenvalue weighted by atomic mass is 19.4. The number of hydrogen-bond donors (Lipinski definition) is 1. The standard InChI is InChI=1S/C15H12F3NO/c16-15(17,18)20-12-7-5-10(6-8-12)14-9-11-3-1-2-4-13(11)19-14/h1-8,14,19H,9H2. The SMILES string of the molecule is FC(F)(F)Oc1ccc(C2Cc3ccccc3N2)cc1. The van der Waals surface area contributed by atoms with Crippen molar-refractivity contribution in [2.24, 2.45) is 0 Å². The molecule has 5 heteroatoms. The molecule has 1 N–H and O–H groups in total. The minimum Gasteiger partial charge on any atom is -0.406 e. The molecule has 0 saturated heterocycles. The van der Waals surface area contributed by atoms with Crippen LogP contribution >= 0.6 is 0 Å². The van der Waals surface area contributed by atoms with Crippen LogP contribution in [-0.4, -0.2) is 6.36 Å². The molecule has 0 fully saturated rings. The Morgan fingerprint density at radius 1 is 1.00 bits per heavy atom. The van der Waals surface area contributed by atoms with Crippen LogP contribution < -0.4 is 10.1 Å². The third-order valence-corrected chi connectivity index (χ3v) is 3.29. The second-order valence-electron chi connectivity index (χ2n) is 4.68.